The highest BCUT2D eigenvalue weighted by Gasteiger charge is 2.17. The predicted molar refractivity (Wildman–Crippen MR) is 71.1 cm³/mol. The first-order valence-electron chi connectivity index (χ1n) is 6.53. The number of thiazole rings is 1. The third kappa shape index (κ3) is 3.27. The van der Waals surface area contributed by atoms with Gasteiger partial charge >= 0.3 is 0 Å². The van der Waals surface area contributed by atoms with E-state index < -0.39 is 0 Å². The number of hydrogen-bond donors (Lipinski definition) is 1. The number of aliphatic hydroxyl groups is 1. The van der Waals surface area contributed by atoms with E-state index in [-0.39, 0.29) is 6.61 Å². The lowest BCUT2D eigenvalue weighted by atomic mass is 9.99. The highest BCUT2D eigenvalue weighted by molar-refractivity contribution is 7.11. The van der Waals surface area contributed by atoms with Crippen molar-refractivity contribution in [2.75, 3.05) is 13.1 Å². The first-order valence-corrected chi connectivity index (χ1v) is 7.35. The first-order chi connectivity index (χ1) is 8.22. The van der Waals surface area contributed by atoms with Crippen molar-refractivity contribution in [3.05, 3.63) is 15.6 Å². The average molecular weight is 254 g/mol. The third-order valence-corrected chi connectivity index (χ3v) is 4.76. The van der Waals surface area contributed by atoms with Gasteiger partial charge in [0.05, 0.1) is 18.8 Å². The van der Waals surface area contributed by atoms with Crippen LogP contribution in [0.2, 0.25) is 0 Å². The molecule has 2 heterocycles. The molecule has 17 heavy (non-hydrogen) atoms. The van der Waals surface area contributed by atoms with Gasteiger partial charge in [-0.25, -0.2) is 4.98 Å². The maximum absolute atomic E-state index is 9.23. The molecular formula is C13H22N2OS. The SMILES string of the molecule is CCc1sc(CN2CCC(C)CC2)nc1CO. The van der Waals surface area contributed by atoms with Gasteiger partial charge in [0.25, 0.3) is 0 Å². The third-order valence-electron chi connectivity index (χ3n) is 3.53. The van der Waals surface area contributed by atoms with Crippen molar-refractivity contribution >= 4 is 11.3 Å². The molecule has 1 aromatic heterocycles. The summed E-state index contributed by atoms with van der Waals surface area (Å²) in [6.07, 6.45) is 3.59. The van der Waals surface area contributed by atoms with Crippen LogP contribution in [0.4, 0.5) is 0 Å². The first kappa shape index (κ1) is 13.0. The molecule has 1 aliphatic rings. The molecule has 1 aromatic rings. The summed E-state index contributed by atoms with van der Waals surface area (Å²) >= 11 is 1.77. The molecule has 0 amide bonds. The minimum atomic E-state index is 0.0801. The summed E-state index contributed by atoms with van der Waals surface area (Å²) in [6.45, 7) is 7.88. The Morgan fingerprint density at radius 2 is 2.12 bits per heavy atom. The Hall–Kier alpha value is -0.450. The van der Waals surface area contributed by atoms with Crippen molar-refractivity contribution < 1.29 is 5.11 Å². The standard InChI is InChI=1S/C13H22N2OS/c1-3-12-11(9-16)14-13(17-12)8-15-6-4-10(2)5-7-15/h10,16H,3-9H2,1-2H3. The molecule has 0 bridgehead atoms. The molecule has 96 valence electrons. The fraction of sp³-hybridized carbons (Fsp3) is 0.769. The Labute approximate surface area is 107 Å². The molecule has 0 saturated carbocycles. The van der Waals surface area contributed by atoms with E-state index in [2.05, 4.69) is 23.7 Å². The van der Waals surface area contributed by atoms with Gasteiger partial charge in [0, 0.05) is 4.88 Å². The Balaban J connectivity index is 1.96. The number of nitrogens with zero attached hydrogens (tertiary/aromatic N) is 2. The largest absolute Gasteiger partial charge is 0.390 e. The molecule has 0 spiro atoms. The zero-order valence-corrected chi connectivity index (χ0v) is 11.6. The maximum Gasteiger partial charge on any atom is 0.107 e. The second-order valence-corrected chi connectivity index (χ2v) is 6.12. The van der Waals surface area contributed by atoms with E-state index in [0.29, 0.717) is 0 Å². The maximum atomic E-state index is 9.23. The number of aryl methyl sites for hydroxylation is 1. The van der Waals surface area contributed by atoms with E-state index in [1.165, 1.54) is 35.8 Å². The van der Waals surface area contributed by atoms with Crippen molar-refractivity contribution in [3.8, 4) is 0 Å². The molecule has 2 rings (SSSR count). The second-order valence-electron chi connectivity index (χ2n) is 4.95. The highest BCUT2D eigenvalue weighted by atomic mass is 32.1. The number of likely N-dealkylation sites (tertiary alicyclic amines) is 1. The van der Waals surface area contributed by atoms with Gasteiger partial charge in [0.15, 0.2) is 0 Å². The van der Waals surface area contributed by atoms with Crippen LogP contribution >= 0.6 is 11.3 Å². The number of aromatic nitrogens is 1. The van der Waals surface area contributed by atoms with Gasteiger partial charge in [-0.3, -0.25) is 4.90 Å². The van der Waals surface area contributed by atoms with Crippen LogP contribution in [0.5, 0.6) is 0 Å². The van der Waals surface area contributed by atoms with Crippen LogP contribution in [-0.2, 0) is 19.6 Å². The lowest BCUT2D eigenvalue weighted by Gasteiger charge is -2.29. The summed E-state index contributed by atoms with van der Waals surface area (Å²) in [4.78, 5) is 8.27. The van der Waals surface area contributed by atoms with Crippen LogP contribution in [0.1, 0.15) is 42.3 Å². The van der Waals surface area contributed by atoms with Crippen LogP contribution in [0.3, 0.4) is 0 Å². The van der Waals surface area contributed by atoms with E-state index in [1.54, 1.807) is 11.3 Å². The van der Waals surface area contributed by atoms with E-state index in [4.69, 9.17) is 0 Å². The average Bonchev–Trinajstić information content (AvgIpc) is 2.74. The molecule has 0 aliphatic carbocycles. The molecule has 0 atom stereocenters. The summed E-state index contributed by atoms with van der Waals surface area (Å²) in [5.74, 6) is 0.877. The molecule has 4 heteroatoms. The van der Waals surface area contributed by atoms with E-state index in [9.17, 15) is 5.11 Å². The van der Waals surface area contributed by atoms with Gasteiger partial charge in [0.1, 0.15) is 5.01 Å². The second kappa shape index (κ2) is 5.94. The Kier molecular flexibility index (Phi) is 4.54. The molecule has 1 fully saturated rings. The lowest BCUT2D eigenvalue weighted by molar-refractivity contribution is 0.185. The van der Waals surface area contributed by atoms with Crippen LogP contribution < -0.4 is 0 Å². The Morgan fingerprint density at radius 1 is 1.41 bits per heavy atom. The van der Waals surface area contributed by atoms with E-state index >= 15 is 0 Å². The number of rotatable bonds is 4. The Bertz CT molecular complexity index is 335. The molecule has 1 saturated heterocycles. The van der Waals surface area contributed by atoms with Crippen molar-refractivity contribution in [1.29, 1.82) is 0 Å². The number of aliphatic hydroxyl groups excluding tert-OH is 1. The van der Waals surface area contributed by atoms with Crippen LogP contribution in [0.15, 0.2) is 0 Å². The summed E-state index contributed by atoms with van der Waals surface area (Å²) in [6, 6.07) is 0. The van der Waals surface area contributed by atoms with Crippen molar-refractivity contribution in [1.82, 2.24) is 9.88 Å². The topological polar surface area (TPSA) is 36.4 Å². The van der Waals surface area contributed by atoms with Gasteiger partial charge in [-0.2, -0.15) is 0 Å². The fourth-order valence-corrected chi connectivity index (χ4v) is 3.38. The van der Waals surface area contributed by atoms with Crippen molar-refractivity contribution in [2.24, 2.45) is 5.92 Å². The zero-order valence-electron chi connectivity index (χ0n) is 10.8. The highest BCUT2D eigenvalue weighted by Crippen LogP contribution is 2.23. The summed E-state index contributed by atoms with van der Waals surface area (Å²) in [5.41, 5.74) is 0.887. The molecule has 0 aromatic carbocycles. The Morgan fingerprint density at radius 3 is 2.65 bits per heavy atom. The fourth-order valence-electron chi connectivity index (χ4n) is 2.32. The quantitative estimate of drug-likeness (QED) is 0.896. The van der Waals surface area contributed by atoms with Gasteiger partial charge in [-0.1, -0.05) is 13.8 Å². The van der Waals surface area contributed by atoms with Crippen LogP contribution in [0, 0.1) is 5.92 Å². The normalized spacial score (nSPS) is 18.8. The number of hydrogen-bond acceptors (Lipinski definition) is 4. The minimum absolute atomic E-state index is 0.0801. The van der Waals surface area contributed by atoms with Gasteiger partial charge < -0.3 is 5.11 Å². The summed E-state index contributed by atoms with van der Waals surface area (Å²) in [7, 11) is 0. The molecular weight excluding hydrogens is 232 g/mol. The molecule has 0 unspecified atom stereocenters. The summed E-state index contributed by atoms with van der Waals surface area (Å²) < 4.78 is 0. The number of piperidine rings is 1. The molecule has 0 radical (unpaired) electrons. The molecule has 3 nitrogen and oxygen atoms in total. The summed E-state index contributed by atoms with van der Waals surface area (Å²) in [5, 5.41) is 10.4. The lowest BCUT2D eigenvalue weighted by Crippen LogP contribution is -2.32. The van der Waals surface area contributed by atoms with Gasteiger partial charge in [0.2, 0.25) is 0 Å². The van der Waals surface area contributed by atoms with Gasteiger partial charge in [-0.05, 0) is 38.3 Å². The van der Waals surface area contributed by atoms with Crippen molar-refractivity contribution in [3.63, 3.8) is 0 Å². The monoisotopic (exact) mass is 254 g/mol. The molecule has 1 aliphatic heterocycles. The molecule has 1 N–H and O–H groups in total. The zero-order chi connectivity index (χ0) is 12.3. The smallest absolute Gasteiger partial charge is 0.107 e. The van der Waals surface area contributed by atoms with Crippen LogP contribution in [-0.4, -0.2) is 28.1 Å². The van der Waals surface area contributed by atoms with Crippen molar-refractivity contribution in [2.45, 2.75) is 46.3 Å². The minimum Gasteiger partial charge on any atom is -0.390 e. The van der Waals surface area contributed by atoms with Gasteiger partial charge in [-0.15, -0.1) is 11.3 Å². The predicted octanol–water partition coefficient (Wildman–Crippen LogP) is 2.43. The van der Waals surface area contributed by atoms with Crippen LogP contribution in [0.25, 0.3) is 0 Å². The van der Waals surface area contributed by atoms with E-state index in [0.717, 1.165) is 24.6 Å². The van der Waals surface area contributed by atoms with E-state index in [1.807, 2.05) is 0 Å².